The van der Waals surface area contributed by atoms with E-state index in [9.17, 15) is 4.79 Å². The van der Waals surface area contributed by atoms with E-state index in [0.29, 0.717) is 13.0 Å². The summed E-state index contributed by atoms with van der Waals surface area (Å²) in [5.74, 6) is 0.747. The summed E-state index contributed by atoms with van der Waals surface area (Å²) in [6.45, 7) is 4.51. The standard InChI is InChI=1S/C9H12N4OS/c1-3-13-7(11-12-9(13)14)4-8-10-6(2)5-15-8/h5H,3-4H2,1-2H3,(H,12,14). The third kappa shape index (κ3) is 1.99. The Labute approximate surface area is 90.8 Å². The number of hydrogen-bond acceptors (Lipinski definition) is 4. The van der Waals surface area contributed by atoms with Crippen LogP contribution >= 0.6 is 11.3 Å². The first-order chi connectivity index (χ1) is 7.20. The molecule has 0 saturated heterocycles. The minimum Gasteiger partial charge on any atom is -0.279 e. The molecule has 2 heterocycles. The lowest BCUT2D eigenvalue weighted by Crippen LogP contribution is -2.17. The molecule has 0 aliphatic carbocycles. The van der Waals surface area contributed by atoms with Crippen molar-refractivity contribution >= 4 is 11.3 Å². The van der Waals surface area contributed by atoms with Crippen LogP contribution in [-0.2, 0) is 13.0 Å². The van der Waals surface area contributed by atoms with Crippen LogP contribution < -0.4 is 5.69 Å². The molecule has 0 atom stereocenters. The lowest BCUT2D eigenvalue weighted by Gasteiger charge is -1.98. The third-order valence-electron chi connectivity index (χ3n) is 2.13. The van der Waals surface area contributed by atoms with Gasteiger partial charge in [0.1, 0.15) is 10.8 Å². The number of nitrogens with zero attached hydrogens (tertiary/aromatic N) is 3. The smallest absolute Gasteiger partial charge is 0.279 e. The minimum atomic E-state index is -0.152. The quantitative estimate of drug-likeness (QED) is 0.844. The van der Waals surface area contributed by atoms with Gasteiger partial charge in [-0.25, -0.2) is 14.9 Å². The Morgan fingerprint density at radius 1 is 1.60 bits per heavy atom. The number of thiazole rings is 1. The van der Waals surface area contributed by atoms with E-state index in [4.69, 9.17) is 0 Å². The molecular weight excluding hydrogens is 212 g/mol. The maximum atomic E-state index is 11.3. The molecule has 80 valence electrons. The first-order valence-electron chi connectivity index (χ1n) is 4.75. The second kappa shape index (κ2) is 3.98. The largest absolute Gasteiger partial charge is 0.343 e. The highest BCUT2D eigenvalue weighted by Gasteiger charge is 2.09. The van der Waals surface area contributed by atoms with E-state index >= 15 is 0 Å². The second-order valence-electron chi connectivity index (χ2n) is 3.25. The highest BCUT2D eigenvalue weighted by atomic mass is 32.1. The number of hydrogen-bond donors (Lipinski definition) is 1. The van der Waals surface area contributed by atoms with Crippen LogP contribution in [0.4, 0.5) is 0 Å². The van der Waals surface area contributed by atoms with Gasteiger partial charge in [0.05, 0.1) is 6.42 Å². The Bertz CT molecular complexity index is 510. The van der Waals surface area contributed by atoms with Gasteiger partial charge in [-0.05, 0) is 13.8 Å². The molecule has 5 nitrogen and oxygen atoms in total. The average molecular weight is 224 g/mol. The van der Waals surface area contributed by atoms with Crippen molar-refractivity contribution in [3.05, 3.63) is 32.4 Å². The van der Waals surface area contributed by atoms with Crippen LogP contribution in [0.15, 0.2) is 10.2 Å². The van der Waals surface area contributed by atoms with Crippen LogP contribution in [0.3, 0.4) is 0 Å². The van der Waals surface area contributed by atoms with Crippen molar-refractivity contribution in [1.82, 2.24) is 19.7 Å². The Morgan fingerprint density at radius 3 is 3.00 bits per heavy atom. The summed E-state index contributed by atoms with van der Waals surface area (Å²) >= 11 is 1.59. The molecule has 6 heteroatoms. The maximum Gasteiger partial charge on any atom is 0.343 e. The highest BCUT2D eigenvalue weighted by molar-refractivity contribution is 7.09. The van der Waals surface area contributed by atoms with Crippen LogP contribution in [0.5, 0.6) is 0 Å². The molecule has 0 radical (unpaired) electrons. The lowest BCUT2D eigenvalue weighted by atomic mass is 10.4. The number of H-pyrrole nitrogens is 1. The summed E-state index contributed by atoms with van der Waals surface area (Å²) in [6.07, 6.45) is 0.616. The molecule has 2 aromatic heterocycles. The fourth-order valence-electron chi connectivity index (χ4n) is 1.43. The normalized spacial score (nSPS) is 10.8. The van der Waals surface area contributed by atoms with E-state index in [1.165, 1.54) is 0 Å². The van der Waals surface area contributed by atoms with Gasteiger partial charge in [0.25, 0.3) is 0 Å². The van der Waals surface area contributed by atoms with Crippen molar-refractivity contribution in [1.29, 1.82) is 0 Å². The Morgan fingerprint density at radius 2 is 2.40 bits per heavy atom. The molecule has 0 aliphatic rings. The first kappa shape index (κ1) is 10.1. The zero-order valence-corrected chi connectivity index (χ0v) is 9.47. The van der Waals surface area contributed by atoms with E-state index in [1.54, 1.807) is 15.9 Å². The minimum absolute atomic E-state index is 0.152. The molecule has 2 rings (SSSR count). The van der Waals surface area contributed by atoms with E-state index in [2.05, 4.69) is 15.2 Å². The summed E-state index contributed by atoms with van der Waals surface area (Å²) in [5.41, 5.74) is 0.858. The zero-order chi connectivity index (χ0) is 10.8. The third-order valence-corrected chi connectivity index (χ3v) is 3.10. The van der Waals surface area contributed by atoms with Crippen molar-refractivity contribution < 1.29 is 0 Å². The van der Waals surface area contributed by atoms with Gasteiger partial charge in [0.2, 0.25) is 0 Å². The van der Waals surface area contributed by atoms with Gasteiger partial charge in [-0.1, -0.05) is 0 Å². The van der Waals surface area contributed by atoms with Crippen molar-refractivity contribution in [2.45, 2.75) is 26.8 Å². The number of rotatable bonds is 3. The van der Waals surface area contributed by atoms with E-state index < -0.39 is 0 Å². The molecule has 0 spiro atoms. The first-order valence-corrected chi connectivity index (χ1v) is 5.63. The van der Waals surface area contributed by atoms with Crippen molar-refractivity contribution in [2.24, 2.45) is 0 Å². The van der Waals surface area contributed by atoms with Crippen LogP contribution in [-0.4, -0.2) is 19.7 Å². The van der Waals surface area contributed by atoms with Gasteiger partial charge < -0.3 is 0 Å². The van der Waals surface area contributed by atoms with Gasteiger partial charge in [-0.15, -0.1) is 11.3 Å². The molecule has 0 aliphatic heterocycles. The van der Waals surface area contributed by atoms with Crippen LogP contribution in [0.1, 0.15) is 23.4 Å². The lowest BCUT2D eigenvalue weighted by molar-refractivity contribution is 0.689. The van der Waals surface area contributed by atoms with Gasteiger partial charge in [-0.2, -0.15) is 5.10 Å². The van der Waals surface area contributed by atoms with Gasteiger partial charge in [0.15, 0.2) is 0 Å². The molecule has 2 aromatic rings. The monoisotopic (exact) mass is 224 g/mol. The summed E-state index contributed by atoms with van der Waals surface area (Å²) in [5, 5.41) is 9.42. The fraction of sp³-hybridized carbons (Fsp3) is 0.444. The van der Waals surface area contributed by atoms with Crippen molar-refractivity contribution in [3.63, 3.8) is 0 Å². The molecule has 0 saturated carbocycles. The molecule has 0 unspecified atom stereocenters. The van der Waals surface area contributed by atoms with Gasteiger partial charge in [-0.3, -0.25) is 4.57 Å². The average Bonchev–Trinajstić information content (AvgIpc) is 2.75. The summed E-state index contributed by atoms with van der Waals surface area (Å²) in [6, 6.07) is 0. The SMILES string of the molecule is CCn1c(Cc2nc(C)cs2)n[nH]c1=O. The predicted octanol–water partition coefficient (Wildman–Crippen LogP) is 0.947. The summed E-state index contributed by atoms with van der Waals surface area (Å²) < 4.78 is 1.62. The molecule has 15 heavy (non-hydrogen) atoms. The Hall–Kier alpha value is -1.43. The summed E-state index contributed by atoms with van der Waals surface area (Å²) in [7, 11) is 0. The van der Waals surface area contributed by atoms with Gasteiger partial charge in [0, 0.05) is 17.6 Å². The topological polar surface area (TPSA) is 63.6 Å². The molecule has 0 fully saturated rings. The van der Waals surface area contributed by atoms with Crippen molar-refractivity contribution in [3.8, 4) is 0 Å². The van der Waals surface area contributed by atoms with Gasteiger partial charge >= 0.3 is 5.69 Å². The van der Waals surface area contributed by atoms with Crippen LogP contribution in [0.25, 0.3) is 0 Å². The molecular formula is C9H12N4OS. The van der Waals surface area contributed by atoms with E-state index in [0.717, 1.165) is 16.5 Å². The fourth-order valence-corrected chi connectivity index (χ4v) is 2.20. The number of aromatic amines is 1. The van der Waals surface area contributed by atoms with E-state index in [1.807, 2.05) is 19.2 Å². The predicted molar refractivity (Wildman–Crippen MR) is 58.2 cm³/mol. The molecule has 0 bridgehead atoms. The Balaban J connectivity index is 2.28. The molecule has 0 amide bonds. The van der Waals surface area contributed by atoms with Crippen LogP contribution in [0, 0.1) is 6.92 Å². The number of aromatic nitrogens is 4. The zero-order valence-electron chi connectivity index (χ0n) is 8.65. The van der Waals surface area contributed by atoms with Crippen LogP contribution in [0.2, 0.25) is 0 Å². The second-order valence-corrected chi connectivity index (χ2v) is 4.19. The highest BCUT2D eigenvalue weighted by Crippen LogP contribution is 2.12. The molecule has 1 N–H and O–H groups in total. The summed E-state index contributed by atoms with van der Waals surface area (Å²) in [4.78, 5) is 15.6. The Kier molecular flexibility index (Phi) is 2.68. The number of aryl methyl sites for hydroxylation is 1. The maximum absolute atomic E-state index is 11.3. The number of nitrogens with one attached hydrogen (secondary N) is 1. The molecule has 0 aromatic carbocycles. The van der Waals surface area contributed by atoms with Crippen molar-refractivity contribution in [2.75, 3.05) is 0 Å². The van der Waals surface area contributed by atoms with E-state index in [-0.39, 0.29) is 5.69 Å².